The third-order valence-electron chi connectivity index (χ3n) is 4.46. The van der Waals surface area contributed by atoms with Gasteiger partial charge in [-0.25, -0.2) is 4.98 Å². The summed E-state index contributed by atoms with van der Waals surface area (Å²) in [5, 5.41) is 2.81. The van der Waals surface area contributed by atoms with Gasteiger partial charge in [-0.3, -0.25) is 9.59 Å². The molecule has 0 fully saturated rings. The number of carbonyl (C=O) groups excluding carboxylic acids is 1. The van der Waals surface area contributed by atoms with E-state index in [1.54, 1.807) is 56.3 Å². The molecule has 0 aliphatic rings. The topological polar surface area (TPSA) is 95.1 Å². The van der Waals surface area contributed by atoms with Gasteiger partial charge in [-0.15, -0.1) is 4.57 Å². The standard InChI is InChI=1S/C23H21N3O5/c1-15-12-21-24-18(13-22(27)26(21)31-15)14-29-19-10-8-17(9-11-19)25-23(28)16(2)30-20-6-4-3-5-7-20/h3-13,16H,14H2,1-2H3,(H,25,28). The molecule has 8 nitrogen and oxygen atoms in total. The summed E-state index contributed by atoms with van der Waals surface area (Å²) in [5.74, 6) is 1.55. The molecule has 0 aliphatic heterocycles. The van der Waals surface area contributed by atoms with Crippen LogP contribution in [0.2, 0.25) is 0 Å². The Balaban J connectivity index is 1.34. The Hall–Kier alpha value is -4.07. The molecule has 0 aliphatic carbocycles. The largest absolute Gasteiger partial charge is 0.487 e. The highest BCUT2D eigenvalue weighted by Gasteiger charge is 2.15. The highest BCUT2D eigenvalue weighted by Crippen LogP contribution is 2.18. The van der Waals surface area contributed by atoms with E-state index in [9.17, 15) is 9.59 Å². The predicted molar refractivity (Wildman–Crippen MR) is 114 cm³/mol. The zero-order chi connectivity index (χ0) is 21.8. The van der Waals surface area contributed by atoms with Crippen LogP contribution >= 0.6 is 0 Å². The summed E-state index contributed by atoms with van der Waals surface area (Å²) in [6.45, 7) is 3.57. The van der Waals surface area contributed by atoms with Gasteiger partial charge < -0.3 is 19.3 Å². The molecule has 1 atom stereocenters. The Labute approximate surface area is 178 Å². The smallest absolute Gasteiger partial charge is 0.287 e. The minimum Gasteiger partial charge on any atom is -0.487 e. The van der Waals surface area contributed by atoms with E-state index in [4.69, 9.17) is 14.0 Å². The normalized spacial score (nSPS) is 11.8. The van der Waals surface area contributed by atoms with Crippen LogP contribution in [0, 0.1) is 6.92 Å². The monoisotopic (exact) mass is 419 g/mol. The first kappa shape index (κ1) is 20.2. The van der Waals surface area contributed by atoms with Crippen LogP contribution in [-0.2, 0) is 11.4 Å². The number of fused-ring (bicyclic) bond motifs is 1. The molecule has 2 heterocycles. The molecule has 0 radical (unpaired) electrons. The van der Waals surface area contributed by atoms with E-state index < -0.39 is 6.10 Å². The molecule has 0 saturated carbocycles. The van der Waals surface area contributed by atoms with Crippen molar-refractivity contribution in [3.05, 3.63) is 88.5 Å². The van der Waals surface area contributed by atoms with Crippen molar-refractivity contribution in [2.24, 2.45) is 0 Å². The lowest BCUT2D eigenvalue weighted by Crippen LogP contribution is -2.30. The molecule has 2 aromatic heterocycles. The van der Waals surface area contributed by atoms with E-state index in [1.165, 1.54) is 6.07 Å². The van der Waals surface area contributed by atoms with Gasteiger partial charge in [0.2, 0.25) is 0 Å². The van der Waals surface area contributed by atoms with Crippen LogP contribution in [0.15, 0.2) is 76.0 Å². The van der Waals surface area contributed by atoms with Gasteiger partial charge in [-0.2, -0.15) is 0 Å². The van der Waals surface area contributed by atoms with Crippen LogP contribution in [0.4, 0.5) is 5.69 Å². The van der Waals surface area contributed by atoms with Crippen LogP contribution in [0.1, 0.15) is 18.4 Å². The Morgan fingerprint density at radius 3 is 2.58 bits per heavy atom. The molecule has 0 saturated heterocycles. The SMILES string of the molecule is Cc1cc2nc(COc3ccc(NC(=O)C(C)Oc4ccccc4)cc3)cc(=O)n2o1. The first-order valence-electron chi connectivity index (χ1n) is 9.73. The number of nitrogens with one attached hydrogen (secondary N) is 1. The maximum atomic E-state index is 12.3. The van der Waals surface area contributed by atoms with Crippen LogP contribution in [-0.4, -0.2) is 21.6 Å². The van der Waals surface area contributed by atoms with Crippen molar-refractivity contribution in [2.75, 3.05) is 5.32 Å². The zero-order valence-corrected chi connectivity index (χ0v) is 17.1. The van der Waals surface area contributed by atoms with Gasteiger partial charge in [-0.05, 0) is 50.2 Å². The fourth-order valence-corrected chi connectivity index (χ4v) is 2.94. The lowest BCUT2D eigenvalue weighted by atomic mass is 10.2. The van der Waals surface area contributed by atoms with Gasteiger partial charge in [-0.1, -0.05) is 18.2 Å². The molecule has 1 unspecified atom stereocenters. The maximum Gasteiger partial charge on any atom is 0.287 e. The fraction of sp³-hybridized carbons (Fsp3) is 0.174. The van der Waals surface area contributed by atoms with Crippen molar-refractivity contribution >= 4 is 17.2 Å². The zero-order valence-electron chi connectivity index (χ0n) is 17.1. The van der Waals surface area contributed by atoms with E-state index in [0.717, 1.165) is 4.57 Å². The second kappa shape index (κ2) is 8.74. The Bertz CT molecular complexity index is 1250. The lowest BCUT2D eigenvalue weighted by Gasteiger charge is -2.15. The average Bonchev–Trinajstić information content (AvgIpc) is 3.15. The third-order valence-corrected chi connectivity index (χ3v) is 4.46. The van der Waals surface area contributed by atoms with Gasteiger partial charge in [0, 0.05) is 17.8 Å². The van der Waals surface area contributed by atoms with Crippen molar-refractivity contribution in [2.45, 2.75) is 26.6 Å². The Kier molecular flexibility index (Phi) is 5.70. The van der Waals surface area contributed by atoms with E-state index in [1.807, 2.05) is 18.2 Å². The number of hydrogen-bond donors (Lipinski definition) is 1. The summed E-state index contributed by atoms with van der Waals surface area (Å²) in [4.78, 5) is 28.8. The number of ether oxygens (including phenoxy) is 2. The number of hydrogen-bond acceptors (Lipinski definition) is 6. The molecule has 4 rings (SSSR count). The highest BCUT2D eigenvalue weighted by molar-refractivity contribution is 5.94. The first-order chi connectivity index (χ1) is 15.0. The second-order valence-corrected chi connectivity index (χ2v) is 6.96. The van der Waals surface area contributed by atoms with Gasteiger partial charge in [0.15, 0.2) is 11.8 Å². The summed E-state index contributed by atoms with van der Waals surface area (Å²) < 4.78 is 17.7. The number of nitrogens with zero attached hydrogens (tertiary/aromatic N) is 2. The quantitative estimate of drug-likeness (QED) is 0.492. The van der Waals surface area contributed by atoms with Gasteiger partial charge in [0.05, 0.1) is 5.69 Å². The first-order valence-corrected chi connectivity index (χ1v) is 9.73. The number of carbonyl (C=O) groups is 1. The van der Waals surface area contributed by atoms with Crippen molar-refractivity contribution in [1.29, 1.82) is 0 Å². The second-order valence-electron chi connectivity index (χ2n) is 6.96. The number of anilines is 1. The maximum absolute atomic E-state index is 12.3. The molecule has 0 bridgehead atoms. The van der Waals surface area contributed by atoms with Crippen LogP contribution in [0.5, 0.6) is 11.5 Å². The Morgan fingerprint density at radius 2 is 1.84 bits per heavy atom. The molecule has 31 heavy (non-hydrogen) atoms. The number of aromatic nitrogens is 2. The van der Waals surface area contributed by atoms with Crippen LogP contribution in [0.25, 0.3) is 5.65 Å². The molecule has 2 aromatic carbocycles. The molecule has 158 valence electrons. The van der Waals surface area contributed by atoms with Crippen molar-refractivity contribution in [3.63, 3.8) is 0 Å². The van der Waals surface area contributed by atoms with E-state index >= 15 is 0 Å². The molecular formula is C23H21N3O5. The predicted octanol–water partition coefficient (Wildman–Crippen LogP) is 3.58. The number of para-hydroxylation sites is 1. The molecule has 1 N–H and O–H groups in total. The molecule has 1 amide bonds. The van der Waals surface area contributed by atoms with E-state index in [-0.39, 0.29) is 18.1 Å². The number of benzene rings is 2. The van der Waals surface area contributed by atoms with Crippen molar-refractivity contribution < 1.29 is 18.8 Å². The van der Waals surface area contributed by atoms with Crippen molar-refractivity contribution in [1.82, 2.24) is 9.56 Å². The van der Waals surface area contributed by atoms with Gasteiger partial charge in [0.25, 0.3) is 11.5 Å². The lowest BCUT2D eigenvalue weighted by molar-refractivity contribution is -0.122. The molecular weight excluding hydrogens is 398 g/mol. The molecule has 4 aromatic rings. The number of rotatable bonds is 7. The number of amides is 1. The highest BCUT2D eigenvalue weighted by atomic mass is 16.5. The third kappa shape index (κ3) is 4.92. The minimum atomic E-state index is -0.648. The summed E-state index contributed by atoms with van der Waals surface area (Å²) >= 11 is 0. The minimum absolute atomic E-state index is 0.129. The summed E-state index contributed by atoms with van der Waals surface area (Å²) in [5.41, 5.74) is 1.25. The Morgan fingerprint density at radius 1 is 1.10 bits per heavy atom. The fourth-order valence-electron chi connectivity index (χ4n) is 2.94. The van der Waals surface area contributed by atoms with Crippen LogP contribution < -0.4 is 20.3 Å². The molecule has 0 spiro atoms. The van der Waals surface area contributed by atoms with E-state index in [2.05, 4.69) is 10.3 Å². The van der Waals surface area contributed by atoms with Crippen molar-refractivity contribution in [3.8, 4) is 11.5 Å². The van der Waals surface area contributed by atoms with Gasteiger partial charge >= 0.3 is 0 Å². The van der Waals surface area contributed by atoms with E-state index in [0.29, 0.717) is 34.3 Å². The number of aryl methyl sites for hydroxylation is 1. The van der Waals surface area contributed by atoms with Crippen LogP contribution in [0.3, 0.4) is 0 Å². The molecule has 8 heteroatoms. The summed E-state index contributed by atoms with van der Waals surface area (Å²) in [6, 6.07) is 19.1. The summed E-state index contributed by atoms with van der Waals surface area (Å²) in [7, 11) is 0. The van der Waals surface area contributed by atoms with Gasteiger partial charge in [0.1, 0.15) is 23.9 Å². The average molecular weight is 419 g/mol. The summed E-state index contributed by atoms with van der Waals surface area (Å²) in [6.07, 6.45) is -0.648.